The Morgan fingerprint density at radius 3 is 2.62 bits per heavy atom. The second kappa shape index (κ2) is 15.5. The molecule has 0 heterocycles. The maximum absolute atomic E-state index is 6.31. The number of hydrogen-bond acceptors (Lipinski definition) is 4. The van der Waals surface area contributed by atoms with E-state index in [0.717, 1.165) is 31.0 Å². The summed E-state index contributed by atoms with van der Waals surface area (Å²) in [5, 5.41) is 7.17. The van der Waals surface area contributed by atoms with E-state index >= 15 is 0 Å². The molecule has 26 heavy (non-hydrogen) atoms. The number of unbranched alkanes of at least 4 members (excludes halogenated alkanes) is 1. The van der Waals surface area contributed by atoms with Crippen LogP contribution in [-0.4, -0.2) is 44.8 Å². The normalized spacial score (nSPS) is 10.9. The molecule has 0 unspecified atom stereocenters. The van der Waals surface area contributed by atoms with Gasteiger partial charge in [-0.1, -0.05) is 11.6 Å². The van der Waals surface area contributed by atoms with Crippen molar-refractivity contribution in [2.45, 2.75) is 33.2 Å². The number of nitrogens with zero attached hydrogens (tertiary/aromatic N) is 1. The zero-order valence-electron chi connectivity index (χ0n) is 16.1. The van der Waals surface area contributed by atoms with E-state index in [0.29, 0.717) is 29.7 Å². The lowest BCUT2D eigenvalue weighted by molar-refractivity contribution is 0.311. The zero-order valence-corrected chi connectivity index (χ0v) is 20.0. The van der Waals surface area contributed by atoms with Crippen molar-refractivity contribution in [1.29, 1.82) is 0 Å². The van der Waals surface area contributed by atoms with Crippen molar-refractivity contribution in [2.75, 3.05) is 38.8 Å². The van der Waals surface area contributed by atoms with Crippen molar-refractivity contribution in [3.8, 4) is 11.5 Å². The monoisotopic (exact) mass is 515 g/mol. The first-order chi connectivity index (χ1) is 12.2. The van der Waals surface area contributed by atoms with Gasteiger partial charge in [0.1, 0.15) is 0 Å². The van der Waals surface area contributed by atoms with Crippen molar-refractivity contribution >= 4 is 53.3 Å². The molecule has 0 aliphatic heterocycles. The van der Waals surface area contributed by atoms with Crippen molar-refractivity contribution in [1.82, 2.24) is 10.6 Å². The SMILES string of the molecule is CCNC(=NCc1cc(Cl)c(OCC)c(OC)c1)NCCCCSC.I. The molecule has 1 rings (SSSR count). The first-order valence-corrected chi connectivity index (χ1v) is 10.4. The summed E-state index contributed by atoms with van der Waals surface area (Å²) in [6.07, 6.45) is 4.47. The second-order valence-corrected chi connectivity index (χ2v) is 6.76. The van der Waals surface area contributed by atoms with E-state index < -0.39 is 0 Å². The van der Waals surface area contributed by atoms with Gasteiger partial charge in [-0.15, -0.1) is 24.0 Å². The minimum atomic E-state index is 0. The highest BCUT2D eigenvalue weighted by Crippen LogP contribution is 2.36. The molecule has 0 amide bonds. The van der Waals surface area contributed by atoms with E-state index in [2.05, 4.69) is 28.8 Å². The van der Waals surface area contributed by atoms with Crippen LogP contribution in [0.3, 0.4) is 0 Å². The number of methoxy groups -OCH3 is 1. The molecule has 0 saturated carbocycles. The lowest BCUT2D eigenvalue weighted by Gasteiger charge is -2.14. The minimum absolute atomic E-state index is 0. The van der Waals surface area contributed by atoms with Crippen LogP contribution >= 0.6 is 47.3 Å². The predicted molar refractivity (Wildman–Crippen MR) is 125 cm³/mol. The first kappa shape index (κ1) is 25.5. The van der Waals surface area contributed by atoms with Gasteiger partial charge in [-0.3, -0.25) is 0 Å². The van der Waals surface area contributed by atoms with Gasteiger partial charge in [-0.2, -0.15) is 11.8 Å². The molecule has 2 N–H and O–H groups in total. The third-order valence-corrected chi connectivity index (χ3v) is 4.39. The van der Waals surface area contributed by atoms with Crippen LogP contribution < -0.4 is 20.1 Å². The van der Waals surface area contributed by atoms with Crippen LogP contribution in [0.15, 0.2) is 17.1 Å². The fourth-order valence-corrected chi connectivity index (χ4v) is 3.02. The predicted octanol–water partition coefficient (Wildman–Crippen LogP) is 4.56. The minimum Gasteiger partial charge on any atom is -0.493 e. The second-order valence-electron chi connectivity index (χ2n) is 5.36. The lowest BCUT2D eigenvalue weighted by atomic mass is 10.2. The number of ether oxygens (including phenoxy) is 2. The molecular formula is C18H31ClIN3O2S. The van der Waals surface area contributed by atoms with Crippen molar-refractivity contribution in [2.24, 2.45) is 4.99 Å². The number of rotatable bonds is 11. The Hall–Kier alpha value is -0.540. The summed E-state index contributed by atoms with van der Waals surface area (Å²) in [4.78, 5) is 4.63. The number of nitrogens with one attached hydrogen (secondary N) is 2. The zero-order chi connectivity index (χ0) is 18.5. The molecule has 0 aliphatic carbocycles. The van der Waals surface area contributed by atoms with Gasteiger partial charge < -0.3 is 20.1 Å². The van der Waals surface area contributed by atoms with Crippen LogP contribution in [0.1, 0.15) is 32.3 Å². The largest absolute Gasteiger partial charge is 0.493 e. The summed E-state index contributed by atoms with van der Waals surface area (Å²) in [6, 6.07) is 3.79. The smallest absolute Gasteiger partial charge is 0.191 e. The number of thioether (sulfide) groups is 1. The first-order valence-electron chi connectivity index (χ1n) is 8.66. The number of aliphatic imine (C=N–C) groups is 1. The molecule has 0 atom stereocenters. The Morgan fingerprint density at radius 2 is 2.00 bits per heavy atom. The van der Waals surface area contributed by atoms with Crippen LogP contribution in [0, 0.1) is 0 Å². The van der Waals surface area contributed by atoms with E-state index in [1.165, 1.54) is 12.2 Å². The lowest BCUT2D eigenvalue weighted by Crippen LogP contribution is -2.37. The summed E-state index contributed by atoms with van der Waals surface area (Å²) in [5.74, 6) is 3.23. The van der Waals surface area contributed by atoms with Gasteiger partial charge in [0.25, 0.3) is 0 Å². The van der Waals surface area contributed by atoms with Crippen molar-refractivity contribution < 1.29 is 9.47 Å². The van der Waals surface area contributed by atoms with Gasteiger partial charge in [0, 0.05) is 13.1 Å². The van der Waals surface area contributed by atoms with Gasteiger partial charge in [-0.25, -0.2) is 4.99 Å². The van der Waals surface area contributed by atoms with Crippen LogP contribution in [0.4, 0.5) is 0 Å². The van der Waals surface area contributed by atoms with Gasteiger partial charge in [0.2, 0.25) is 0 Å². The Morgan fingerprint density at radius 1 is 1.23 bits per heavy atom. The molecule has 0 spiro atoms. The highest BCUT2D eigenvalue weighted by atomic mass is 127. The molecule has 5 nitrogen and oxygen atoms in total. The molecule has 8 heteroatoms. The molecule has 0 radical (unpaired) electrons. The van der Waals surface area contributed by atoms with E-state index in [9.17, 15) is 0 Å². The molecule has 0 fully saturated rings. The summed E-state index contributed by atoms with van der Waals surface area (Å²) < 4.78 is 10.9. The number of hydrogen-bond donors (Lipinski definition) is 2. The summed E-state index contributed by atoms with van der Waals surface area (Å²) in [7, 11) is 1.61. The average Bonchev–Trinajstić information content (AvgIpc) is 2.61. The number of halogens is 2. The fourth-order valence-electron chi connectivity index (χ4n) is 2.24. The number of benzene rings is 1. The van der Waals surface area contributed by atoms with Gasteiger partial charge in [0.15, 0.2) is 17.5 Å². The van der Waals surface area contributed by atoms with Gasteiger partial charge in [0.05, 0.1) is 25.3 Å². The molecule has 0 aliphatic rings. The summed E-state index contributed by atoms with van der Waals surface area (Å²) >= 11 is 8.19. The molecule has 0 bridgehead atoms. The highest BCUT2D eigenvalue weighted by Gasteiger charge is 2.11. The van der Waals surface area contributed by atoms with E-state index in [1.807, 2.05) is 30.8 Å². The topological polar surface area (TPSA) is 54.9 Å². The molecular weight excluding hydrogens is 485 g/mol. The standard InChI is InChI=1S/C18H30ClN3O2S.HI/c1-5-20-18(21-9-7-8-10-25-4)22-13-14-11-15(19)17(24-6-2)16(12-14)23-3;/h11-12H,5-10,13H2,1-4H3,(H2,20,21,22);1H. The number of guanidine groups is 1. The molecule has 0 saturated heterocycles. The van der Waals surface area contributed by atoms with Crippen LogP contribution in [-0.2, 0) is 6.54 Å². The third kappa shape index (κ3) is 9.41. The Balaban J connectivity index is 0.00000625. The Kier molecular flexibility index (Phi) is 15.2. The summed E-state index contributed by atoms with van der Waals surface area (Å²) in [6.45, 7) is 6.77. The third-order valence-electron chi connectivity index (χ3n) is 3.41. The van der Waals surface area contributed by atoms with Crippen molar-refractivity contribution in [3.63, 3.8) is 0 Å². The maximum atomic E-state index is 6.31. The van der Waals surface area contributed by atoms with Crippen molar-refractivity contribution in [3.05, 3.63) is 22.7 Å². The Bertz CT molecular complexity index is 547. The molecule has 150 valence electrons. The van der Waals surface area contributed by atoms with Crippen LogP contribution in [0.2, 0.25) is 5.02 Å². The molecule has 0 aromatic heterocycles. The van der Waals surface area contributed by atoms with E-state index in [1.54, 1.807) is 7.11 Å². The van der Waals surface area contributed by atoms with Crippen LogP contribution in [0.25, 0.3) is 0 Å². The average molecular weight is 516 g/mol. The Labute approximate surface area is 184 Å². The van der Waals surface area contributed by atoms with E-state index in [-0.39, 0.29) is 24.0 Å². The highest BCUT2D eigenvalue weighted by molar-refractivity contribution is 14.0. The molecule has 1 aromatic carbocycles. The van der Waals surface area contributed by atoms with Gasteiger partial charge >= 0.3 is 0 Å². The van der Waals surface area contributed by atoms with Crippen LogP contribution in [0.5, 0.6) is 11.5 Å². The van der Waals surface area contributed by atoms with E-state index in [4.69, 9.17) is 21.1 Å². The van der Waals surface area contributed by atoms with Gasteiger partial charge in [-0.05, 0) is 56.4 Å². The summed E-state index contributed by atoms with van der Waals surface area (Å²) in [5.41, 5.74) is 0.977. The maximum Gasteiger partial charge on any atom is 0.191 e. The quantitative estimate of drug-likeness (QED) is 0.196. The fraction of sp³-hybridized carbons (Fsp3) is 0.611. The molecule has 1 aromatic rings.